The smallest absolute Gasteiger partial charge is 0.156 e. The van der Waals surface area contributed by atoms with Gasteiger partial charge >= 0.3 is 0 Å². The first kappa shape index (κ1) is 14.2. The standard InChI is InChI=1S/C14H17NO2S2/c1-2-14-15-13(10-18-14)11-19(16,17)9-8-12-6-4-3-5-7-12/h3-7,10H,2,8-9,11H2,1H3. The zero-order chi connectivity index (χ0) is 13.7. The third kappa shape index (κ3) is 4.44. The normalized spacial score (nSPS) is 11.6. The molecule has 5 heteroatoms. The van der Waals surface area contributed by atoms with Crippen molar-refractivity contribution >= 4 is 21.2 Å². The molecule has 3 nitrogen and oxygen atoms in total. The number of hydrogen-bond acceptors (Lipinski definition) is 4. The van der Waals surface area contributed by atoms with Crippen LogP contribution in [-0.4, -0.2) is 19.2 Å². The molecule has 0 N–H and O–H groups in total. The molecule has 0 unspecified atom stereocenters. The van der Waals surface area contributed by atoms with E-state index in [1.165, 1.54) is 11.3 Å². The lowest BCUT2D eigenvalue weighted by Crippen LogP contribution is -2.11. The highest BCUT2D eigenvalue weighted by molar-refractivity contribution is 7.90. The topological polar surface area (TPSA) is 47.0 Å². The molecule has 1 aromatic heterocycles. The maximum Gasteiger partial charge on any atom is 0.156 e. The first-order valence-electron chi connectivity index (χ1n) is 6.26. The summed E-state index contributed by atoms with van der Waals surface area (Å²) >= 11 is 1.53. The van der Waals surface area contributed by atoms with Gasteiger partial charge in [-0.1, -0.05) is 37.3 Å². The van der Waals surface area contributed by atoms with Crippen LogP contribution in [0.2, 0.25) is 0 Å². The summed E-state index contributed by atoms with van der Waals surface area (Å²) in [6.07, 6.45) is 1.42. The van der Waals surface area contributed by atoms with E-state index in [4.69, 9.17) is 0 Å². The van der Waals surface area contributed by atoms with Crippen molar-refractivity contribution < 1.29 is 8.42 Å². The number of rotatable bonds is 6. The maximum absolute atomic E-state index is 12.0. The number of aromatic nitrogens is 1. The molecule has 2 rings (SSSR count). The SMILES string of the molecule is CCc1nc(CS(=O)(=O)CCc2ccccc2)cs1. The van der Waals surface area contributed by atoms with Crippen LogP contribution in [0.3, 0.4) is 0 Å². The summed E-state index contributed by atoms with van der Waals surface area (Å²) in [6.45, 7) is 2.02. The van der Waals surface area contributed by atoms with E-state index in [-0.39, 0.29) is 11.5 Å². The molecule has 0 spiro atoms. The Morgan fingerprint density at radius 2 is 1.95 bits per heavy atom. The lowest BCUT2D eigenvalue weighted by molar-refractivity contribution is 0.594. The van der Waals surface area contributed by atoms with Crippen LogP contribution >= 0.6 is 11.3 Å². The summed E-state index contributed by atoms with van der Waals surface area (Å²) in [5.74, 6) is 0.229. The van der Waals surface area contributed by atoms with Gasteiger partial charge in [-0.25, -0.2) is 13.4 Å². The van der Waals surface area contributed by atoms with Crippen LogP contribution in [0.25, 0.3) is 0 Å². The molecule has 0 atom stereocenters. The van der Waals surface area contributed by atoms with E-state index in [0.717, 1.165) is 17.0 Å². The van der Waals surface area contributed by atoms with Crippen molar-refractivity contribution in [2.24, 2.45) is 0 Å². The summed E-state index contributed by atoms with van der Waals surface area (Å²) in [6, 6.07) is 9.69. The number of sulfone groups is 1. The Morgan fingerprint density at radius 3 is 2.58 bits per heavy atom. The highest BCUT2D eigenvalue weighted by Gasteiger charge is 2.14. The molecule has 0 saturated heterocycles. The van der Waals surface area contributed by atoms with Gasteiger partial charge in [0, 0.05) is 5.38 Å². The van der Waals surface area contributed by atoms with Crippen molar-refractivity contribution in [1.82, 2.24) is 4.98 Å². The summed E-state index contributed by atoms with van der Waals surface area (Å²) < 4.78 is 24.1. The minimum absolute atomic E-state index is 0.0519. The number of nitrogens with zero attached hydrogens (tertiary/aromatic N) is 1. The predicted octanol–water partition coefficient (Wildman–Crippen LogP) is 2.86. The predicted molar refractivity (Wildman–Crippen MR) is 79.1 cm³/mol. The Kier molecular flexibility index (Phi) is 4.71. The zero-order valence-corrected chi connectivity index (χ0v) is 12.5. The van der Waals surface area contributed by atoms with Gasteiger partial charge in [0.2, 0.25) is 0 Å². The molecule has 0 radical (unpaired) electrons. The second-order valence-electron chi connectivity index (χ2n) is 4.41. The van der Waals surface area contributed by atoms with E-state index in [2.05, 4.69) is 4.98 Å². The lowest BCUT2D eigenvalue weighted by atomic mass is 10.2. The molecule has 0 amide bonds. The fourth-order valence-corrected chi connectivity index (χ4v) is 3.93. The van der Waals surface area contributed by atoms with Crippen LogP contribution in [0.5, 0.6) is 0 Å². The molecule has 0 saturated carbocycles. The Bertz CT molecular complexity index is 618. The van der Waals surface area contributed by atoms with E-state index < -0.39 is 9.84 Å². The lowest BCUT2D eigenvalue weighted by Gasteiger charge is -2.03. The molecule has 0 fully saturated rings. The van der Waals surface area contributed by atoms with Gasteiger partial charge in [-0.15, -0.1) is 11.3 Å². The molecule has 19 heavy (non-hydrogen) atoms. The molecular weight excluding hydrogens is 278 g/mol. The first-order valence-corrected chi connectivity index (χ1v) is 8.97. The number of hydrogen-bond donors (Lipinski definition) is 0. The molecule has 102 valence electrons. The quantitative estimate of drug-likeness (QED) is 0.823. The van der Waals surface area contributed by atoms with Gasteiger partial charge in [0.25, 0.3) is 0 Å². The molecule has 0 aliphatic rings. The second-order valence-corrected chi connectivity index (χ2v) is 7.54. The average molecular weight is 295 g/mol. The number of aryl methyl sites for hydroxylation is 2. The van der Waals surface area contributed by atoms with Gasteiger partial charge in [0.1, 0.15) is 0 Å². The van der Waals surface area contributed by atoms with Crippen molar-refractivity contribution in [3.8, 4) is 0 Å². The van der Waals surface area contributed by atoms with Crippen molar-refractivity contribution in [3.05, 3.63) is 52.0 Å². The van der Waals surface area contributed by atoms with Crippen LogP contribution in [0.4, 0.5) is 0 Å². The fourth-order valence-electron chi connectivity index (χ4n) is 1.79. The van der Waals surface area contributed by atoms with Crippen molar-refractivity contribution in [3.63, 3.8) is 0 Å². The van der Waals surface area contributed by atoms with Crippen molar-refractivity contribution in [2.75, 3.05) is 5.75 Å². The zero-order valence-electron chi connectivity index (χ0n) is 10.9. The molecule has 0 aliphatic carbocycles. The van der Waals surface area contributed by atoms with Gasteiger partial charge < -0.3 is 0 Å². The van der Waals surface area contributed by atoms with Gasteiger partial charge in [-0.05, 0) is 18.4 Å². The third-order valence-corrected chi connectivity index (χ3v) is 5.42. The first-order chi connectivity index (χ1) is 9.09. The molecule has 0 aliphatic heterocycles. The number of benzene rings is 1. The van der Waals surface area contributed by atoms with E-state index in [1.807, 2.05) is 42.6 Å². The average Bonchev–Trinajstić information content (AvgIpc) is 2.85. The minimum Gasteiger partial charge on any atom is -0.245 e. The van der Waals surface area contributed by atoms with E-state index in [0.29, 0.717) is 12.1 Å². The van der Waals surface area contributed by atoms with E-state index >= 15 is 0 Å². The van der Waals surface area contributed by atoms with Crippen molar-refractivity contribution in [2.45, 2.75) is 25.5 Å². The molecular formula is C14H17NO2S2. The monoisotopic (exact) mass is 295 g/mol. The fraction of sp³-hybridized carbons (Fsp3) is 0.357. The summed E-state index contributed by atoms with van der Waals surface area (Å²) in [4.78, 5) is 4.31. The van der Waals surface area contributed by atoms with E-state index in [9.17, 15) is 8.42 Å². The Hall–Kier alpha value is -1.20. The minimum atomic E-state index is -3.08. The molecule has 1 heterocycles. The van der Waals surface area contributed by atoms with Crippen molar-refractivity contribution in [1.29, 1.82) is 0 Å². The van der Waals surface area contributed by atoms with Gasteiger partial charge in [0.15, 0.2) is 9.84 Å². The van der Waals surface area contributed by atoms with Crippen LogP contribution in [-0.2, 0) is 28.4 Å². The van der Waals surface area contributed by atoms with Crippen LogP contribution < -0.4 is 0 Å². The Balaban J connectivity index is 1.95. The Morgan fingerprint density at radius 1 is 1.21 bits per heavy atom. The van der Waals surface area contributed by atoms with Gasteiger partial charge in [-0.2, -0.15) is 0 Å². The molecule has 0 bridgehead atoms. The largest absolute Gasteiger partial charge is 0.245 e. The van der Waals surface area contributed by atoms with Crippen LogP contribution in [0, 0.1) is 0 Å². The van der Waals surface area contributed by atoms with E-state index in [1.54, 1.807) is 0 Å². The van der Waals surface area contributed by atoms with Crippen LogP contribution in [0.1, 0.15) is 23.2 Å². The summed E-state index contributed by atoms with van der Waals surface area (Å²) in [5, 5.41) is 2.84. The second kappa shape index (κ2) is 6.30. The van der Waals surface area contributed by atoms with Crippen LogP contribution in [0.15, 0.2) is 35.7 Å². The highest BCUT2D eigenvalue weighted by Crippen LogP contribution is 2.14. The van der Waals surface area contributed by atoms with Gasteiger partial charge in [0.05, 0.1) is 22.2 Å². The highest BCUT2D eigenvalue weighted by atomic mass is 32.2. The molecule has 2 aromatic rings. The van der Waals surface area contributed by atoms with Gasteiger partial charge in [-0.3, -0.25) is 0 Å². The summed E-state index contributed by atoms with van der Waals surface area (Å²) in [7, 11) is -3.08. The summed E-state index contributed by atoms with van der Waals surface area (Å²) in [5.41, 5.74) is 1.73. The third-order valence-electron chi connectivity index (χ3n) is 2.81. The molecule has 1 aromatic carbocycles. The maximum atomic E-state index is 12.0. The number of thiazole rings is 1. The Labute approximate surface area is 118 Å².